The van der Waals surface area contributed by atoms with Crippen LogP contribution in [0, 0.1) is 0 Å². The topological polar surface area (TPSA) is 89.1 Å². The van der Waals surface area contributed by atoms with Crippen LogP contribution in [0.25, 0.3) is 0 Å². The average molecular weight is 378 g/mol. The van der Waals surface area contributed by atoms with E-state index in [1.54, 1.807) is 0 Å². The first-order chi connectivity index (χ1) is 13.6. The highest BCUT2D eigenvalue weighted by atomic mass is 16.7. The Morgan fingerprint density at radius 2 is 1.79 bits per heavy atom. The summed E-state index contributed by atoms with van der Waals surface area (Å²) in [6.07, 6.45) is 0.448. The summed E-state index contributed by atoms with van der Waals surface area (Å²) in [7, 11) is 0. The van der Waals surface area contributed by atoms with Crippen molar-refractivity contribution >= 4 is 5.95 Å². The van der Waals surface area contributed by atoms with Gasteiger partial charge in [0.25, 0.3) is 5.56 Å². The molecular weight excluding hydrogens is 356 g/mol. The van der Waals surface area contributed by atoms with Gasteiger partial charge in [-0.15, -0.1) is 10.2 Å². The Labute approximate surface area is 162 Å². The summed E-state index contributed by atoms with van der Waals surface area (Å²) in [5.74, 6) is 2.27. The van der Waals surface area contributed by atoms with Crippen molar-refractivity contribution in [3.05, 3.63) is 75.2 Å². The van der Waals surface area contributed by atoms with Gasteiger partial charge in [-0.1, -0.05) is 44.2 Å². The van der Waals surface area contributed by atoms with Gasteiger partial charge in [0.05, 0.1) is 0 Å². The largest absolute Gasteiger partial charge is 0.454 e. The quantitative estimate of drug-likeness (QED) is 0.685. The van der Waals surface area contributed by atoms with E-state index < -0.39 is 0 Å². The van der Waals surface area contributed by atoms with Crippen LogP contribution in [0.4, 0.5) is 5.95 Å². The minimum absolute atomic E-state index is 0.240. The van der Waals surface area contributed by atoms with E-state index in [1.165, 1.54) is 5.56 Å². The second-order valence-electron chi connectivity index (χ2n) is 7.06. The fourth-order valence-corrected chi connectivity index (χ4v) is 3.01. The van der Waals surface area contributed by atoms with Gasteiger partial charge in [0.1, 0.15) is 5.69 Å². The Kier molecular flexibility index (Phi) is 4.97. The molecule has 1 aliphatic rings. The van der Waals surface area contributed by atoms with E-state index in [-0.39, 0.29) is 12.4 Å². The lowest BCUT2D eigenvalue weighted by Crippen LogP contribution is -2.19. The van der Waals surface area contributed by atoms with Crippen molar-refractivity contribution in [3.8, 4) is 11.5 Å². The molecule has 3 aromatic rings. The van der Waals surface area contributed by atoms with E-state index in [2.05, 4.69) is 46.5 Å². The molecule has 0 spiro atoms. The minimum atomic E-state index is -0.240. The summed E-state index contributed by atoms with van der Waals surface area (Å²) in [5, 5.41) is 11.3. The Morgan fingerprint density at radius 1 is 1.04 bits per heavy atom. The maximum Gasteiger partial charge on any atom is 0.274 e. The molecule has 2 heterocycles. The van der Waals surface area contributed by atoms with Crippen LogP contribution in [0.15, 0.2) is 47.3 Å². The number of hydrogen-bond donors (Lipinski definition) is 2. The predicted octanol–water partition coefficient (Wildman–Crippen LogP) is 3.22. The molecule has 2 N–H and O–H groups in total. The molecule has 144 valence electrons. The van der Waals surface area contributed by atoms with Crippen molar-refractivity contribution in [1.82, 2.24) is 15.2 Å². The first-order valence-electron chi connectivity index (χ1n) is 9.25. The van der Waals surface area contributed by atoms with Crippen LogP contribution in [0.1, 0.15) is 42.1 Å². The van der Waals surface area contributed by atoms with Gasteiger partial charge in [-0.25, -0.2) is 0 Å². The molecule has 7 nitrogen and oxygen atoms in total. The van der Waals surface area contributed by atoms with Crippen molar-refractivity contribution in [3.63, 3.8) is 0 Å². The lowest BCUT2D eigenvalue weighted by molar-refractivity contribution is 0.174. The summed E-state index contributed by atoms with van der Waals surface area (Å²) in [5.41, 5.74) is 3.44. The number of nitrogens with zero attached hydrogens (tertiary/aromatic N) is 2. The van der Waals surface area contributed by atoms with E-state index in [1.807, 2.05) is 30.3 Å². The van der Waals surface area contributed by atoms with Crippen molar-refractivity contribution in [2.24, 2.45) is 0 Å². The lowest BCUT2D eigenvalue weighted by Gasteiger charge is -2.08. The Bertz CT molecular complexity index is 1030. The number of nitrogens with one attached hydrogen (secondary N) is 2. The standard InChI is InChI=1S/C21H22N4O3/c1-13(2)16-6-3-14(4-7-16)9-17-20(26)23-21(25-24-17)22-11-15-5-8-18-19(10-15)28-12-27-18/h3-8,10,13H,9,11-12H2,1-2H3,(H2,22,23,25,26). The summed E-state index contributed by atoms with van der Waals surface area (Å²) in [6, 6.07) is 13.9. The molecule has 0 amide bonds. The minimum Gasteiger partial charge on any atom is -0.454 e. The summed E-state index contributed by atoms with van der Waals surface area (Å²) in [6.45, 7) is 5.03. The molecule has 0 unspecified atom stereocenters. The fraction of sp³-hybridized carbons (Fsp3) is 0.286. The molecule has 0 saturated heterocycles. The van der Waals surface area contributed by atoms with Gasteiger partial charge in [0, 0.05) is 13.0 Å². The SMILES string of the molecule is CC(C)c1ccc(Cc2nnc(NCc3ccc4c(c3)OCO4)[nH]c2=O)cc1. The highest BCUT2D eigenvalue weighted by Gasteiger charge is 2.13. The van der Waals surface area contributed by atoms with Gasteiger partial charge in [-0.3, -0.25) is 9.78 Å². The average Bonchev–Trinajstić information content (AvgIpc) is 3.16. The van der Waals surface area contributed by atoms with Gasteiger partial charge >= 0.3 is 0 Å². The number of hydrogen-bond acceptors (Lipinski definition) is 6. The van der Waals surface area contributed by atoms with E-state index in [9.17, 15) is 4.79 Å². The van der Waals surface area contributed by atoms with Gasteiger partial charge < -0.3 is 14.8 Å². The number of aromatic amines is 1. The zero-order valence-corrected chi connectivity index (χ0v) is 15.9. The normalized spacial score (nSPS) is 12.4. The van der Waals surface area contributed by atoms with Gasteiger partial charge in [-0.05, 0) is 34.7 Å². The second-order valence-corrected chi connectivity index (χ2v) is 7.06. The van der Waals surface area contributed by atoms with E-state index in [4.69, 9.17) is 9.47 Å². The van der Waals surface area contributed by atoms with Gasteiger partial charge in [0.15, 0.2) is 11.5 Å². The zero-order valence-electron chi connectivity index (χ0n) is 15.9. The molecular formula is C21H22N4O3. The predicted molar refractivity (Wildman–Crippen MR) is 106 cm³/mol. The van der Waals surface area contributed by atoms with Crippen LogP contribution in [0.2, 0.25) is 0 Å². The Balaban J connectivity index is 1.40. The molecule has 28 heavy (non-hydrogen) atoms. The number of ether oxygens (including phenoxy) is 2. The van der Waals surface area contributed by atoms with E-state index >= 15 is 0 Å². The second kappa shape index (κ2) is 7.72. The molecule has 1 aromatic heterocycles. The molecule has 4 rings (SSSR count). The van der Waals surface area contributed by atoms with Crippen molar-refractivity contribution in [2.75, 3.05) is 12.1 Å². The molecule has 0 bridgehead atoms. The molecule has 1 aliphatic heterocycles. The summed E-state index contributed by atoms with van der Waals surface area (Å²) < 4.78 is 10.7. The number of anilines is 1. The Hall–Kier alpha value is -3.35. The smallest absolute Gasteiger partial charge is 0.274 e. The number of H-pyrrole nitrogens is 1. The molecule has 0 atom stereocenters. The highest BCUT2D eigenvalue weighted by Crippen LogP contribution is 2.32. The van der Waals surface area contributed by atoms with Crippen LogP contribution in [0.5, 0.6) is 11.5 Å². The third-order valence-electron chi connectivity index (χ3n) is 4.68. The number of rotatable bonds is 6. The van der Waals surface area contributed by atoms with Crippen molar-refractivity contribution in [1.29, 1.82) is 0 Å². The maximum absolute atomic E-state index is 12.3. The van der Waals surface area contributed by atoms with Gasteiger partial charge in [0.2, 0.25) is 12.7 Å². The third kappa shape index (κ3) is 3.98. The highest BCUT2D eigenvalue weighted by molar-refractivity contribution is 5.45. The first-order valence-corrected chi connectivity index (χ1v) is 9.25. The van der Waals surface area contributed by atoms with Crippen LogP contribution >= 0.6 is 0 Å². The summed E-state index contributed by atoms with van der Waals surface area (Å²) >= 11 is 0. The molecule has 0 aliphatic carbocycles. The molecule has 7 heteroatoms. The summed E-state index contributed by atoms with van der Waals surface area (Å²) in [4.78, 5) is 15.1. The van der Waals surface area contributed by atoms with Crippen LogP contribution in [0.3, 0.4) is 0 Å². The van der Waals surface area contributed by atoms with Crippen molar-refractivity contribution < 1.29 is 9.47 Å². The van der Waals surface area contributed by atoms with Gasteiger partial charge in [-0.2, -0.15) is 0 Å². The fourth-order valence-electron chi connectivity index (χ4n) is 3.01. The maximum atomic E-state index is 12.3. The van der Waals surface area contributed by atoms with E-state index in [0.717, 1.165) is 22.6 Å². The van der Waals surface area contributed by atoms with Crippen LogP contribution < -0.4 is 20.3 Å². The number of aromatic nitrogens is 3. The van der Waals surface area contributed by atoms with E-state index in [0.29, 0.717) is 30.5 Å². The molecule has 2 aromatic carbocycles. The third-order valence-corrected chi connectivity index (χ3v) is 4.68. The van der Waals surface area contributed by atoms with Crippen LogP contribution in [-0.4, -0.2) is 22.0 Å². The number of fused-ring (bicyclic) bond motifs is 1. The molecule has 0 radical (unpaired) electrons. The zero-order chi connectivity index (χ0) is 19.5. The van der Waals surface area contributed by atoms with Crippen molar-refractivity contribution in [2.45, 2.75) is 32.7 Å². The van der Waals surface area contributed by atoms with Crippen LogP contribution in [-0.2, 0) is 13.0 Å². The number of benzene rings is 2. The monoisotopic (exact) mass is 378 g/mol. The molecule has 0 saturated carbocycles. The Morgan fingerprint density at radius 3 is 2.54 bits per heavy atom. The molecule has 0 fully saturated rings. The lowest BCUT2D eigenvalue weighted by atomic mass is 10.0. The first kappa shape index (κ1) is 18.0.